The van der Waals surface area contributed by atoms with Gasteiger partial charge in [-0.2, -0.15) is 11.8 Å². The average molecular weight is 292 g/mol. The van der Waals surface area contributed by atoms with Crippen LogP contribution in [0.4, 0.5) is 4.79 Å². The van der Waals surface area contributed by atoms with E-state index in [-0.39, 0.29) is 12.1 Å². The second-order valence-corrected chi connectivity index (χ2v) is 6.15. The molecule has 1 fully saturated rings. The Morgan fingerprint density at radius 1 is 1.61 bits per heavy atom. The predicted octanol–water partition coefficient (Wildman–Crippen LogP) is 1.64. The van der Waals surface area contributed by atoms with Crippen molar-refractivity contribution in [3.8, 4) is 0 Å². The molecule has 18 heavy (non-hydrogen) atoms. The number of carbonyl (C=O) groups excluding carboxylic acids is 1. The van der Waals surface area contributed by atoms with Crippen LogP contribution >= 0.6 is 23.5 Å². The van der Waals surface area contributed by atoms with Gasteiger partial charge in [-0.1, -0.05) is 6.92 Å². The Labute approximate surface area is 116 Å². The molecule has 0 aromatic rings. The molecule has 1 aliphatic heterocycles. The molecular weight excluding hydrogens is 272 g/mol. The molecule has 5 nitrogen and oxygen atoms in total. The van der Waals surface area contributed by atoms with Gasteiger partial charge in [0.15, 0.2) is 0 Å². The molecule has 1 heterocycles. The summed E-state index contributed by atoms with van der Waals surface area (Å²) in [5, 5.41) is 9.08. The Bertz CT molecular complexity index is 315. The number of amides is 2. The Kier molecular flexibility index (Phi) is 6.14. The maximum Gasteiger partial charge on any atom is 0.327 e. The van der Waals surface area contributed by atoms with Crippen LogP contribution in [-0.2, 0) is 4.79 Å². The molecule has 1 unspecified atom stereocenters. The number of carbonyl (C=O) groups is 2. The van der Waals surface area contributed by atoms with E-state index in [1.54, 1.807) is 23.7 Å². The fourth-order valence-corrected chi connectivity index (χ4v) is 3.87. The van der Waals surface area contributed by atoms with Gasteiger partial charge in [0, 0.05) is 24.6 Å². The molecule has 104 valence electrons. The van der Waals surface area contributed by atoms with Crippen molar-refractivity contribution in [2.45, 2.75) is 25.4 Å². The molecule has 0 aromatic heterocycles. The summed E-state index contributed by atoms with van der Waals surface area (Å²) in [7, 11) is 1.76. The van der Waals surface area contributed by atoms with E-state index in [0.29, 0.717) is 11.6 Å². The molecule has 2 atom stereocenters. The summed E-state index contributed by atoms with van der Waals surface area (Å²) in [6, 6.07) is -0.697. The van der Waals surface area contributed by atoms with Crippen molar-refractivity contribution in [2.24, 2.45) is 0 Å². The summed E-state index contributed by atoms with van der Waals surface area (Å²) >= 11 is 3.19. The lowest BCUT2D eigenvalue weighted by molar-refractivity contribution is -0.140. The maximum atomic E-state index is 12.3. The third-order valence-electron chi connectivity index (χ3n) is 3.09. The normalized spacial score (nSPS) is 20.8. The highest BCUT2D eigenvalue weighted by molar-refractivity contribution is 7.99. The maximum absolute atomic E-state index is 12.3. The van der Waals surface area contributed by atoms with Crippen LogP contribution in [0.2, 0.25) is 0 Å². The quantitative estimate of drug-likeness (QED) is 0.834. The number of nitrogens with zero attached hydrogens (tertiary/aromatic N) is 2. The van der Waals surface area contributed by atoms with Crippen LogP contribution in [-0.4, -0.2) is 69.7 Å². The zero-order chi connectivity index (χ0) is 13.7. The van der Waals surface area contributed by atoms with Crippen LogP contribution in [0.15, 0.2) is 0 Å². The molecule has 0 saturated carbocycles. The molecule has 1 aliphatic rings. The highest BCUT2D eigenvalue weighted by Crippen LogP contribution is 2.23. The standard InChI is InChI=1S/C11H20N2O3S2/c1-4-8(5-17-3)12(2)11(16)13-7-18-6-9(13)10(14)15/h8-9H,4-7H2,1-3H3,(H,14,15)/t8?,9-/m0/s1. The first kappa shape index (κ1) is 15.5. The van der Waals surface area contributed by atoms with E-state index in [0.717, 1.165) is 12.2 Å². The minimum Gasteiger partial charge on any atom is -0.480 e. The molecule has 1 rings (SSSR count). The van der Waals surface area contributed by atoms with Gasteiger partial charge in [0.2, 0.25) is 0 Å². The third kappa shape index (κ3) is 3.47. The van der Waals surface area contributed by atoms with Crippen LogP contribution in [0, 0.1) is 0 Å². The third-order valence-corrected chi connectivity index (χ3v) is 4.82. The fourth-order valence-electron chi connectivity index (χ4n) is 1.89. The number of hydrogen-bond acceptors (Lipinski definition) is 4. The molecule has 1 N–H and O–H groups in total. The van der Waals surface area contributed by atoms with Crippen molar-refractivity contribution in [3.05, 3.63) is 0 Å². The number of thioether (sulfide) groups is 2. The van der Waals surface area contributed by atoms with Gasteiger partial charge >= 0.3 is 12.0 Å². The molecule has 0 aliphatic carbocycles. The average Bonchev–Trinajstić information content (AvgIpc) is 2.83. The Morgan fingerprint density at radius 2 is 2.28 bits per heavy atom. The summed E-state index contributed by atoms with van der Waals surface area (Å²) in [6.45, 7) is 2.04. The largest absolute Gasteiger partial charge is 0.480 e. The summed E-state index contributed by atoms with van der Waals surface area (Å²) in [4.78, 5) is 26.5. The number of carboxylic acids is 1. The van der Waals surface area contributed by atoms with Crippen molar-refractivity contribution in [2.75, 3.05) is 30.7 Å². The molecule has 0 aromatic carbocycles. The van der Waals surface area contributed by atoms with Crippen molar-refractivity contribution in [1.82, 2.24) is 9.80 Å². The Hall–Kier alpha value is -0.560. The van der Waals surface area contributed by atoms with Crippen molar-refractivity contribution < 1.29 is 14.7 Å². The first-order chi connectivity index (χ1) is 8.52. The lowest BCUT2D eigenvalue weighted by atomic mass is 10.2. The zero-order valence-electron chi connectivity index (χ0n) is 11.0. The van der Waals surface area contributed by atoms with Gasteiger partial charge < -0.3 is 14.9 Å². The predicted molar refractivity (Wildman–Crippen MR) is 76.2 cm³/mol. The number of urea groups is 1. The molecule has 0 radical (unpaired) electrons. The summed E-state index contributed by atoms with van der Waals surface area (Å²) in [6.07, 6.45) is 2.88. The monoisotopic (exact) mass is 292 g/mol. The summed E-state index contributed by atoms with van der Waals surface area (Å²) in [5.41, 5.74) is 0. The number of carboxylic acid groups (broad SMARTS) is 1. The second-order valence-electron chi connectivity index (χ2n) is 4.23. The van der Waals surface area contributed by atoms with Gasteiger partial charge in [-0.25, -0.2) is 9.59 Å². The molecule has 0 bridgehead atoms. The van der Waals surface area contributed by atoms with Gasteiger partial charge in [-0.05, 0) is 12.7 Å². The first-order valence-corrected chi connectivity index (χ1v) is 8.40. The topological polar surface area (TPSA) is 60.9 Å². The summed E-state index contributed by atoms with van der Waals surface area (Å²) < 4.78 is 0. The molecular formula is C11H20N2O3S2. The van der Waals surface area contributed by atoms with E-state index in [9.17, 15) is 9.59 Å². The highest BCUT2D eigenvalue weighted by Gasteiger charge is 2.37. The second kappa shape index (κ2) is 7.13. The van der Waals surface area contributed by atoms with E-state index in [1.165, 1.54) is 16.7 Å². The molecule has 2 amide bonds. The van der Waals surface area contributed by atoms with Crippen LogP contribution in [0.25, 0.3) is 0 Å². The minimum absolute atomic E-state index is 0.160. The van der Waals surface area contributed by atoms with Crippen LogP contribution in [0.1, 0.15) is 13.3 Å². The fraction of sp³-hybridized carbons (Fsp3) is 0.818. The van der Waals surface area contributed by atoms with E-state index in [2.05, 4.69) is 0 Å². The van der Waals surface area contributed by atoms with Gasteiger partial charge in [0.1, 0.15) is 6.04 Å². The smallest absolute Gasteiger partial charge is 0.327 e. The molecule has 7 heteroatoms. The zero-order valence-corrected chi connectivity index (χ0v) is 12.6. The van der Waals surface area contributed by atoms with Gasteiger partial charge in [-0.15, -0.1) is 11.8 Å². The minimum atomic E-state index is -0.917. The summed E-state index contributed by atoms with van der Waals surface area (Å²) in [5.74, 6) is 0.904. The van der Waals surface area contributed by atoms with E-state index in [4.69, 9.17) is 5.11 Å². The van der Waals surface area contributed by atoms with Crippen LogP contribution < -0.4 is 0 Å². The van der Waals surface area contributed by atoms with Gasteiger partial charge in [-0.3, -0.25) is 0 Å². The van der Waals surface area contributed by atoms with E-state index in [1.807, 2.05) is 13.2 Å². The van der Waals surface area contributed by atoms with Gasteiger partial charge in [0.25, 0.3) is 0 Å². The number of hydrogen-bond donors (Lipinski definition) is 1. The highest BCUT2D eigenvalue weighted by atomic mass is 32.2. The van der Waals surface area contributed by atoms with Crippen molar-refractivity contribution in [1.29, 1.82) is 0 Å². The lowest BCUT2D eigenvalue weighted by Gasteiger charge is -2.32. The van der Waals surface area contributed by atoms with E-state index < -0.39 is 12.0 Å². The number of aliphatic carboxylic acids is 1. The number of rotatable bonds is 5. The van der Waals surface area contributed by atoms with Crippen molar-refractivity contribution in [3.63, 3.8) is 0 Å². The van der Waals surface area contributed by atoms with Crippen LogP contribution in [0.5, 0.6) is 0 Å². The van der Waals surface area contributed by atoms with Gasteiger partial charge in [0.05, 0.1) is 5.88 Å². The first-order valence-electron chi connectivity index (χ1n) is 5.85. The molecule has 0 spiro atoms. The van der Waals surface area contributed by atoms with Crippen LogP contribution in [0.3, 0.4) is 0 Å². The Morgan fingerprint density at radius 3 is 2.78 bits per heavy atom. The van der Waals surface area contributed by atoms with E-state index >= 15 is 0 Å². The molecule has 1 saturated heterocycles. The van der Waals surface area contributed by atoms with Crippen molar-refractivity contribution >= 4 is 35.5 Å². The lowest BCUT2D eigenvalue weighted by Crippen LogP contribution is -2.50. The Balaban J connectivity index is 2.70. The SMILES string of the molecule is CCC(CSC)N(C)C(=O)N1CSC[C@H]1C(=O)O.